The molecule has 0 fully saturated rings. The largest absolute Gasteiger partial charge is 0.491 e. The Bertz CT molecular complexity index is 732. The zero-order chi connectivity index (χ0) is 17.8. The van der Waals surface area contributed by atoms with E-state index in [4.69, 9.17) is 14.2 Å². The minimum absolute atomic E-state index is 0.274. The first-order valence-corrected chi connectivity index (χ1v) is 8.46. The van der Waals surface area contributed by atoms with E-state index in [1.54, 1.807) is 0 Å². The van der Waals surface area contributed by atoms with Crippen LogP contribution in [0.4, 0.5) is 0 Å². The Morgan fingerprint density at radius 1 is 1.12 bits per heavy atom. The average Bonchev–Trinajstić information content (AvgIpc) is 3.03. The molecule has 0 aromatic heterocycles. The number of aliphatic hydroxyl groups excluding tert-OH is 1. The summed E-state index contributed by atoms with van der Waals surface area (Å²) in [6, 6.07) is 12.0. The predicted octanol–water partition coefficient (Wildman–Crippen LogP) is 2.90. The summed E-state index contributed by atoms with van der Waals surface area (Å²) in [6.45, 7) is 5.84. The van der Waals surface area contributed by atoms with Crippen molar-refractivity contribution in [3.05, 3.63) is 53.1 Å². The smallest absolute Gasteiger partial charge is 0.231 e. The molecule has 134 valence electrons. The number of aryl methyl sites for hydroxylation is 2. The molecule has 1 atom stereocenters. The summed E-state index contributed by atoms with van der Waals surface area (Å²) in [5.74, 6) is 2.40. The van der Waals surface area contributed by atoms with Crippen LogP contribution in [-0.4, -0.2) is 43.1 Å². The lowest BCUT2D eigenvalue weighted by Gasteiger charge is -2.21. The van der Waals surface area contributed by atoms with Crippen molar-refractivity contribution >= 4 is 0 Å². The summed E-state index contributed by atoms with van der Waals surface area (Å²) in [5, 5.41) is 10.3. The topological polar surface area (TPSA) is 51.2 Å². The van der Waals surface area contributed by atoms with Crippen molar-refractivity contribution in [1.29, 1.82) is 0 Å². The van der Waals surface area contributed by atoms with Crippen molar-refractivity contribution in [2.24, 2.45) is 0 Å². The van der Waals surface area contributed by atoms with E-state index in [1.165, 1.54) is 0 Å². The van der Waals surface area contributed by atoms with Crippen molar-refractivity contribution in [3.63, 3.8) is 0 Å². The Hall–Kier alpha value is -2.24. The molecular formula is C20H25NO4. The number of ether oxygens (including phenoxy) is 3. The molecule has 2 aromatic carbocycles. The first-order valence-electron chi connectivity index (χ1n) is 8.46. The number of aliphatic hydroxyl groups is 1. The van der Waals surface area contributed by atoms with Crippen LogP contribution in [0.25, 0.3) is 0 Å². The van der Waals surface area contributed by atoms with E-state index in [1.807, 2.05) is 51.2 Å². The highest BCUT2D eigenvalue weighted by atomic mass is 16.7. The number of hydrogen-bond acceptors (Lipinski definition) is 5. The number of benzene rings is 2. The van der Waals surface area contributed by atoms with Crippen molar-refractivity contribution in [1.82, 2.24) is 4.90 Å². The third-order valence-electron chi connectivity index (χ3n) is 4.19. The lowest BCUT2D eigenvalue weighted by atomic mass is 10.1. The van der Waals surface area contributed by atoms with Gasteiger partial charge < -0.3 is 19.3 Å². The molecule has 25 heavy (non-hydrogen) atoms. The zero-order valence-electron chi connectivity index (χ0n) is 15.0. The van der Waals surface area contributed by atoms with Crippen LogP contribution in [0.1, 0.15) is 16.7 Å². The zero-order valence-corrected chi connectivity index (χ0v) is 15.0. The summed E-state index contributed by atoms with van der Waals surface area (Å²) in [7, 11) is 1.98. The Balaban J connectivity index is 1.49. The summed E-state index contributed by atoms with van der Waals surface area (Å²) in [6.07, 6.45) is -0.557. The van der Waals surface area contributed by atoms with Crippen LogP contribution in [0.2, 0.25) is 0 Å². The molecule has 1 aliphatic heterocycles. The molecule has 0 bridgehead atoms. The van der Waals surface area contributed by atoms with Crippen LogP contribution < -0.4 is 14.2 Å². The lowest BCUT2D eigenvalue weighted by molar-refractivity contribution is 0.0741. The van der Waals surface area contributed by atoms with Crippen LogP contribution in [0.15, 0.2) is 36.4 Å². The van der Waals surface area contributed by atoms with Crippen molar-refractivity contribution in [2.45, 2.75) is 26.5 Å². The molecule has 2 aromatic rings. The molecule has 0 spiro atoms. The maximum atomic E-state index is 10.3. The normalized spacial score (nSPS) is 14.0. The summed E-state index contributed by atoms with van der Waals surface area (Å²) in [4.78, 5) is 2.06. The predicted molar refractivity (Wildman–Crippen MR) is 96.3 cm³/mol. The second-order valence-corrected chi connectivity index (χ2v) is 6.62. The van der Waals surface area contributed by atoms with E-state index in [0.717, 1.165) is 40.5 Å². The van der Waals surface area contributed by atoms with Gasteiger partial charge in [-0.3, -0.25) is 4.90 Å². The fraction of sp³-hybridized carbons (Fsp3) is 0.400. The average molecular weight is 343 g/mol. The molecule has 0 saturated heterocycles. The van der Waals surface area contributed by atoms with E-state index in [0.29, 0.717) is 6.54 Å². The fourth-order valence-corrected chi connectivity index (χ4v) is 2.88. The fourth-order valence-electron chi connectivity index (χ4n) is 2.88. The van der Waals surface area contributed by atoms with Crippen molar-refractivity contribution in [3.8, 4) is 17.2 Å². The minimum atomic E-state index is -0.557. The quantitative estimate of drug-likeness (QED) is 0.838. The maximum Gasteiger partial charge on any atom is 0.231 e. The Kier molecular flexibility index (Phi) is 5.46. The van der Waals surface area contributed by atoms with Crippen LogP contribution in [0.3, 0.4) is 0 Å². The highest BCUT2D eigenvalue weighted by Gasteiger charge is 2.15. The van der Waals surface area contributed by atoms with Crippen LogP contribution >= 0.6 is 0 Å². The van der Waals surface area contributed by atoms with Crippen molar-refractivity contribution < 1.29 is 19.3 Å². The molecule has 0 amide bonds. The van der Waals surface area contributed by atoms with Gasteiger partial charge in [0, 0.05) is 13.1 Å². The van der Waals surface area contributed by atoms with Crippen molar-refractivity contribution in [2.75, 3.05) is 27.0 Å². The summed E-state index contributed by atoms with van der Waals surface area (Å²) >= 11 is 0. The van der Waals surface area contributed by atoms with Gasteiger partial charge in [0.05, 0.1) is 0 Å². The van der Waals surface area contributed by atoms with Gasteiger partial charge in [-0.05, 0) is 55.8 Å². The van der Waals surface area contributed by atoms with E-state index < -0.39 is 6.10 Å². The van der Waals surface area contributed by atoms with Gasteiger partial charge in [-0.2, -0.15) is 0 Å². The molecule has 3 rings (SSSR count). The molecule has 0 aliphatic carbocycles. The van der Waals surface area contributed by atoms with Crippen LogP contribution in [0, 0.1) is 13.8 Å². The first kappa shape index (κ1) is 17.6. The number of fused-ring (bicyclic) bond motifs is 1. The van der Waals surface area contributed by atoms with Crippen LogP contribution in [0.5, 0.6) is 17.2 Å². The molecule has 1 heterocycles. The number of hydrogen-bond donors (Lipinski definition) is 1. The molecule has 5 heteroatoms. The van der Waals surface area contributed by atoms with Gasteiger partial charge in [-0.25, -0.2) is 0 Å². The van der Waals surface area contributed by atoms with Gasteiger partial charge in [-0.1, -0.05) is 18.2 Å². The summed E-state index contributed by atoms with van der Waals surface area (Å²) in [5.41, 5.74) is 3.34. The molecule has 5 nitrogen and oxygen atoms in total. The molecule has 1 unspecified atom stereocenters. The van der Waals surface area contributed by atoms with E-state index in [9.17, 15) is 5.11 Å². The van der Waals surface area contributed by atoms with Gasteiger partial charge in [-0.15, -0.1) is 0 Å². The Labute approximate surface area is 148 Å². The Morgan fingerprint density at radius 3 is 2.76 bits per heavy atom. The third kappa shape index (κ3) is 4.65. The SMILES string of the molecule is Cc1ccc(C)c(OCC(O)CN(C)Cc2ccc3c(c2)OCO3)c1. The molecule has 1 N–H and O–H groups in total. The Morgan fingerprint density at radius 2 is 1.92 bits per heavy atom. The van der Waals surface area contributed by atoms with Gasteiger partial charge in [0.2, 0.25) is 6.79 Å². The summed E-state index contributed by atoms with van der Waals surface area (Å²) < 4.78 is 16.5. The lowest BCUT2D eigenvalue weighted by Crippen LogP contribution is -2.32. The number of nitrogens with zero attached hydrogens (tertiary/aromatic N) is 1. The van der Waals surface area contributed by atoms with Gasteiger partial charge in [0.1, 0.15) is 18.5 Å². The molecular weight excluding hydrogens is 318 g/mol. The molecule has 1 aliphatic rings. The second-order valence-electron chi connectivity index (χ2n) is 6.62. The van der Waals surface area contributed by atoms with Crippen LogP contribution in [-0.2, 0) is 6.54 Å². The van der Waals surface area contributed by atoms with E-state index in [2.05, 4.69) is 11.0 Å². The molecule has 0 saturated carbocycles. The second kappa shape index (κ2) is 7.76. The van der Waals surface area contributed by atoms with E-state index >= 15 is 0 Å². The molecule has 0 radical (unpaired) electrons. The maximum absolute atomic E-state index is 10.3. The minimum Gasteiger partial charge on any atom is -0.491 e. The van der Waals surface area contributed by atoms with Gasteiger partial charge >= 0.3 is 0 Å². The monoisotopic (exact) mass is 343 g/mol. The highest BCUT2D eigenvalue weighted by molar-refractivity contribution is 5.44. The first-order chi connectivity index (χ1) is 12.0. The van der Waals surface area contributed by atoms with E-state index in [-0.39, 0.29) is 13.4 Å². The number of rotatable bonds is 7. The van der Waals surface area contributed by atoms with Gasteiger partial charge in [0.25, 0.3) is 0 Å². The number of likely N-dealkylation sites (N-methyl/N-ethyl adjacent to an activating group) is 1. The highest BCUT2D eigenvalue weighted by Crippen LogP contribution is 2.32. The standard InChI is InChI=1S/C20H25NO4/c1-14-4-5-15(2)19(8-14)23-12-17(22)11-21(3)10-16-6-7-18-20(9-16)25-13-24-18/h4-9,17,22H,10-13H2,1-3H3. The third-order valence-corrected chi connectivity index (χ3v) is 4.19. The van der Waals surface area contributed by atoms with Gasteiger partial charge in [0.15, 0.2) is 11.5 Å².